The van der Waals surface area contributed by atoms with E-state index in [-0.39, 0.29) is 6.10 Å². The van der Waals surface area contributed by atoms with E-state index < -0.39 is 6.10 Å². The molecule has 2 aromatic rings. The minimum absolute atomic E-state index is 0.0721. The van der Waals surface area contributed by atoms with Crippen molar-refractivity contribution in [2.45, 2.75) is 37.9 Å². The summed E-state index contributed by atoms with van der Waals surface area (Å²) in [5, 5.41) is 20.5. The zero-order valence-corrected chi connectivity index (χ0v) is 16.5. The van der Waals surface area contributed by atoms with E-state index in [1.54, 1.807) is 12.1 Å². The van der Waals surface area contributed by atoms with E-state index in [9.17, 15) is 10.2 Å². The first-order valence-electron chi connectivity index (χ1n) is 9.57. The van der Waals surface area contributed by atoms with E-state index >= 15 is 0 Å². The van der Waals surface area contributed by atoms with Gasteiger partial charge in [-0.2, -0.15) is 0 Å². The predicted octanol–water partition coefficient (Wildman–Crippen LogP) is 4.36. The van der Waals surface area contributed by atoms with E-state index in [0.717, 1.165) is 31.5 Å². The minimum atomic E-state index is -0.495. The number of phenolic OH excluding ortho intramolecular Hbond substituents is 1. The van der Waals surface area contributed by atoms with Crippen LogP contribution in [0.25, 0.3) is 0 Å². The number of hydrogen-bond acceptors (Lipinski definition) is 4. The lowest BCUT2D eigenvalue weighted by molar-refractivity contribution is -0.0181. The molecule has 0 bridgehead atoms. The van der Waals surface area contributed by atoms with Crippen LogP contribution < -0.4 is 0 Å². The fourth-order valence-electron chi connectivity index (χ4n) is 3.63. The average Bonchev–Trinajstić information content (AvgIpc) is 2.68. The summed E-state index contributed by atoms with van der Waals surface area (Å²) < 4.78 is 5.83. The van der Waals surface area contributed by atoms with Crippen LogP contribution in [0, 0.1) is 0 Å². The van der Waals surface area contributed by atoms with Gasteiger partial charge in [0.1, 0.15) is 5.75 Å². The molecule has 5 heteroatoms. The van der Waals surface area contributed by atoms with Gasteiger partial charge < -0.3 is 19.8 Å². The summed E-state index contributed by atoms with van der Waals surface area (Å²) in [5.74, 6) is 0.840. The van der Waals surface area contributed by atoms with Gasteiger partial charge in [-0.15, -0.1) is 0 Å². The van der Waals surface area contributed by atoms with Gasteiger partial charge >= 0.3 is 0 Å². The summed E-state index contributed by atoms with van der Waals surface area (Å²) in [5.41, 5.74) is 2.34. The molecule has 0 aliphatic carbocycles. The summed E-state index contributed by atoms with van der Waals surface area (Å²) >= 11 is 5.91. The molecule has 1 aliphatic heterocycles. The third-order valence-electron chi connectivity index (χ3n) is 5.30. The van der Waals surface area contributed by atoms with Crippen LogP contribution in [0.2, 0.25) is 5.02 Å². The summed E-state index contributed by atoms with van der Waals surface area (Å²) in [6.45, 7) is 4.88. The number of hydrogen-bond donors (Lipinski definition) is 2. The smallest absolute Gasteiger partial charge is 0.115 e. The standard InChI is InChI=1S/C22H28ClNO3/c1-16(17-2-6-20(23)7-3-17)27-15-22(26)14-24-12-10-19(11-13-24)18-4-8-21(25)9-5-18/h2-9,16,19,22,25-26H,10-15H2,1H3/t16-,22+/m0/s1. The van der Waals surface area contributed by atoms with E-state index in [1.165, 1.54) is 5.56 Å². The summed E-state index contributed by atoms with van der Waals surface area (Å²) in [4.78, 5) is 2.30. The Kier molecular flexibility index (Phi) is 7.13. The fraction of sp³-hybridized carbons (Fsp3) is 0.455. The lowest BCUT2D eigenvalue weighted by Gasteiger charge is -2.33. The first-order chi connectivity index (χ1) is 13.0. The number of ether oxygens (including phenoxy) is 1. The van der Waals surface area contributed by atoms with Gasteiger partial charge in [0.2, 0.25) is 0 Å². The molecule has 0 radical (unpaired) electrons. The Morgan fingerprint density at radius 1 is 1.07 bits per heavy atom. The number of rotatable bonds is 7. The molecule has 2 N–H and O–H groups in total. The molecule has 2 aromatic carbocycles. The molecule has 1 heterocycles. The number of likely N-dealkylation sites (tertiary alicyclic amines) is 1. The van der Waals surface area contributed by atoms with Crippen LogP contribution >= 0.6 is 11.6 Å². The van der Waals surface area contributed by atoms with Crippen LogP contribution in [0.4, 0.5) is 0 Å². The van der Waals surface area contributed by atoms with Gasteiger partial charge in [0.05, 0.1) is 18.8 Å². The summed E-state index contributed by atoms with van der Waals surface area (Å²) in [7, 11) is 0. The Bertz CT molecular complexity index is 697. The summed E-state index contributed by atoms with van der Waals surface area (Å²) in [6.07, 6.45) is 1.57. The van der Waals surface area contributed by atoms with Crippen molar-refractivity contribution in [3.05, 3.63) is 64.7 Å². The van der Waals surface area contributed by atoms with Crippen molar-refractivity contribution in [3.63, 3.8) is 0 Å². The number of halogens is 1. The monoisotopic (exact) mass is 389 g/mol. The molecule has 2 atom stereocenters. The molecule has 4 nitrogen and oxygen atoms in total. The molecule has 0 spiro atoms. The van der Waals surface area contributed by atoms with Crippen LogP contribution in [0.15, 0.2) is 48.5 Å². The molecule has 0 saturated carbocycles. The molecule has 3 rings (SSSR count). The maximum atomic E-state index is 10.3. The second-order valence-electron chi connectivity index (χ2n) is 7.35. The van der Waals surface area contributed by atoms with Crippen molar-refractivity contribution in [1.29, 1.82) is 0 Å². The van der Waals surface area contributed by atoms with Crippen LogP contribution in [0.5, 0.6) is 5.75 Å². The van der Waals surface area contributed by atoms with Gasteiger partial charge in [0.25, 0.3) is 0 Å². The topological polar surface area (TPSA) is 52.9 Å². The minimum Gasteiger partial charge on any atom is -0.508 e. The van der Waals surface area contributed by atoms with Crippen LogP contribution in [0.3, 0.4) is 0 Å². The molecule has 0 unspecified atom stereocenters. The average molecular weight is 390 g/mol. The van der Waals surface area contributed by atoms with E-state index in [4.69, 9.17) is 16.3 Å². The van der Waals surface area contributed by atoms with Gasteiger partial charge in [0.15, 0.2) is 0 Å². The van der Waals surface area contributed by atoms with Gasteiger partial charge in [-0.3, -0.25) is 0 Å². The SMILES string of the molecule is C[C@H](OC[C@H](O)CN1CCC(c2ccc(O)cc2)CC1)c1ccc(Cl)cc1. The predicted molar refractivity (Wildman–Crippen MR) is 108 cm³/mol. The number of aliphatic hydroxyl groups is 1. The van der Waals surface area contributed by atoms with Gasteiger partial charge in [-0.25, -0.2) is 0 Å². The Hall–Kier alpha value is -1.59. The molecule has 1 saturated heterocycles. The normalized spacial score (nSPS) is 18.3. The molecule has 1 fully saturated rings. The first-order valence-corrected chi connectivity index (χ1v) is 9.95. The molecular weight excluding hydrogens is 362 g/mol. The van der Waals surface area contributed by atoms with Crippen LogP contribution in [-0.4, -0.2) is 47.5 Å². The second-order valence-corrected chi connectivity index (χ2v) is 7.78. The number of nitrogens with zero attached hydrogens (tertiary/aromatic N) is 1. The van der Waals surface area contributed by atoms with Gasteiger partial charge in [-0.05, 0) is 74.2 Å². The lowest BCUT2D eigenvalue weighted by atomic mass is 9.89. The number of aliphatic hydroxyl groups excluding tert-OH is 1. The van der Waals surface area contributed by atoms with Crippen molar-refractivity contribution in [3.8, 4) is 5.75 Å². The Morgan fingerprint density at radius 2 is 1.70 bits per heavy atom. The van der Waals surface area contributed by atoms with Crippen molar-refractivity contribution < 1.29 is 14.9 Å². The number of aromatic hydroxyl groups is 1. The Morgan fingerprint density at radius 3 is 2.33 bits per heavy atom. The quantitative estimate of drug-likeness (QED) is 0.738. The maximum Gasteiger partial charge on any atom is 0.115 e. The highest BCUT2D eigenvalue weighted by molar-refractivity contribution is 6.30. The van der Waals surface area contributed by atoms with Crippen molar-refractivity contribution in [2.75, 3.05) is 26.2 Å². The van der Waals surface area contributed by atoms with Crippen LogP contribution in [0.1, 0.15) is 42.9 Å². The molecular formula is C22H28ClNO3. The number of piperidine rings is 1. The largest absolute Gasteiger partial charge is 0.508 e. The van der Waals surface area contributed by atoms with Crippen LogP contribution in [-0.2, 0) is 4.74 Å². The zero-order valence-electron chi connectivity index (χ0n) is 15.7. The van der Waals surface area contributed by atoms with Crippen molar-refractivity contribution in [2.24, 2.45) is 0 Å². The first kappa shape index (κ1) is 20.2. The van der Waals surface area contributed by atoms with Crippen molar-refractivity contribution >= 4 is 11.6 Å². The Labute approximate surface area is 166 Å². The number of phenols is 1. The highest BCUT2D eigenvalue weighted by Crippen LogP contribution is 2.29. The van der Waals surface area contributed by atoms with E-state index in [0.29, 0.717) is 29.8 Å². The fourth-order valence-corrected chi connectivity index (χ4v) is 3.76. The number of benzene rings is 2. The Balaban J connectivity index is 1.39. The molecule has 0 aromatic heterocycles. The third kappa shape index (κ3) is 5.94. The maximum absolute atomic E-state index is 10.3. The van der Waals surface area contributed by atoms with Crippen molar-refractivity contribution in [1.82, 2.24) is 4.90 Å². The zero-order chi connectivity index (χ0) is 19.2. The number of β-amino-alcohol motifs (C(OH)–C–C–N with tert-alkyl or cyclic N) is 1. The van der Waals surface area contributed by atoms with Gasteiger partial charge in [0, 0.05) is 11.6 Å². The van der Waals surface area contributed by atoms with E-state index in [1.807, 2.05) is 43.3 Å². The lowest BCUT2D eigenvalue weighted by Crippen LogP contribution is -2.40. The molecule has 1 aliphatic rings. The summed E-state index contributed by atoms with van der Waals surface area (Å²) in [6, 6.07) is 15.1. The van der Waals surface area contributed by atoms with E-state index in [2.05, 4.69) is 4.90 Å². The highest BCUT2D eigenvalue weighted by atomic mass is 35.5. The third-order valence-corrected chi connectivity index (χ3v) is 5.55. The second kappa shape index (κ2) is 9.56. The highest BCUT2D eigenvalue weighted by Gasteiger charge is 2.22. The van der Waals surface area contributed by atoms with Gasteiger partial charge in [-0.1, -0.05) is 35.9 Å². The molecule has 146 valence electrons. The molecule has 0 amide bonds. The molecule has 27 heavy (non-hydrogen) atoms.